The van der Waals surface area contributed by atoms with Crippen LogP contribution in [0.4, 0.5) is 0 Å². The smallest absolute Gasteiger partial charge is 0.170 e. The first-order valence-electron chi connectivity index (χ1n) is 6.07. The number of rotatable bonds is 2. The SMILES string of the molecule is CC.Cc1cc(Br)cc(C)c1Oc1cc[nH+]cc1. The summed E-state index contributed by atoms with van der Waals surface area (Å²) in [5.41, 5.74) is 2.25. The molecule has 0 amide bonds. The molecule has 3 heteroatoms. The van der Waals surface area contributed by atoms with E-state index in [9.17, 15) is 0 Å². The molecule has 0 aliphatic carbocycles. The molecule has 1 aromatic heterocycles. The van der Waals surface area contributed by atoms with Gasteiger partial charge in [-0.1, -0.05) is 29.8 Å². The molecule has 1 N–H and O–H groups in total. The highest BCUT2D eigenvalue weighted by Crippen LogP contribution is 2.30. The summed E-state index contributed by atoms with van der Waals surface area (Å²) in [6.07, 6.45) is 3.69. The summed E-state index contributed by atoms with van der Waals surface area (Å²) in [6.45, 7) is 8.09. The molecule has 0 unspecified atom stereocenters. The molecule has 0 radical (unpaired) electrons. The van der Waals surface area contributed by atoms with Gasteiger partial charge in [0.05, 0.1) is 0 Å². The number of halogens is 1. The minimum Gasteiger partial charge on any atom is -0.456 e. The topological polar surface area (TPSA) is 23.4 Å². The molecule has 0 aliphatic heterocycles. The quantitative estimate of drug-likeness (QED) is 0.789. The van der Waals surface area contributed by atoms with Crippen LogP contribution in [-0.2, 0) is 0 Å². The van der Waals surface area contributed by atoms with E-state index in [4.69, 9.17) is 4.74 Å². The summed E-state index contributed by atoms with van der Waals surface area (Å²) in [7, 11) is 0. The molecule has 0 atom stereocenters. The first-order valence-corrected chi connectivity index (χ1v) is 6.87. The van der Waals surface area contributed by atoms with Gasteiger partial charge in [-0.2, -0.15) is 0 Å². The number of hydrogen-bond acceptors (Lipinski definition) is 1. The molecular weight excluding hydrogens is 290 g/mol. The Morgan fingerprint density at radius 1 is 1.00 bits per heavy atom. The van der Waals surface area contributed by atoms with Crippen molar-refractivity contribution in [2.45, 2.75) is 27.7 Å². The maximum Gasteiger partial charge on any atom is 0.170 e. The molecule has 1 heterocycles. The van der Waals surface area contributed by atoms with Gasteiger partial charge in [-0.05, 0) is 37.1 Å². The molecule has 0 saturated heterocycles. The molecule has 0 saturated carbocycles. The van der Waals surface area contributed by atoms with E-state index >= 15 is 0 Å². The fourth-order valence-corrected chi connectivity index (χ4v) is 2.30. The van der Waals surface area contributed by atoms with Gasteiger partial charge in [-0.3, -0.25) is 0 Å². The van der Waals surface area contributed by atoms with Gasteiger partial charge in [0.25, 0.3) is 0 Å². The predicted molar refractivity (Wildman–Crippen MR) is 78.0 cm³/mol. The minimum absolute atomic E-state index is 0.840. The Hall–Kier alpha value is -1.35. The highest BCUT2D eigenvalue weighted by atomic mass is 79.9. The van der Waals surface area contributed by atoms with Gasteiger partial charge < -0.3 is 4.74 Å². The third-order valence-corrected chi connectivity index (χ3v) is 2.79. The van der Waals surface area contributed by atoms with Crippen LogP contribution in [0.3, 0.4) is 0 Å². The van der Waals surface area contributed by atoms with Gasteiger partial charge in [0, 0.05) is 16.6 Å². The predicted octanol–water partition coefficient (Wildman–Crippen LogP) is 4.70. The largest absolute Gasteiger partial charge is 0.456 e. The molecule has 0 fully saturated rings. The number of aromatic amines is 1. The Balaban J connectivity index is 0.000000771. The van der Waals surface area contributed by atoms with Gasteiger partial charge in [0.2, 0.25) is 0 Å². The summed E-state index contributed by atoms with van der Waals surface area (Å²) in [4.78, 5) is 2.97. The molecule has 96 valence electrons. The average Bonchev–Trinajstić information content (AvgIpc) is 2.37. The lowest BCUT2D eigenvalue weighted by Crippen LogP contribution is -1.98. The molecule has 2 nitrogen and oxygen atoms in total. The summed E-state index contributed by atoms with van der Waals surface area (Å²) >= 11 is 3.47. The normalized spacial score (nSPS) is 9.39. The monoisotopic (exact) mass is 308 g/mol. The fraction of sp³-hybridized carbons (Fsp3) is 0.267. The van der Waals surface area contributed by atoms with Gasteiger partial charge in [-0.15, -0.1) is 0 Å². The Morgan fingerprint density at radius 3 is 2.00 bits per heavy atom. The number of nitrogens with one attached hydrogen (secondary N) is 1. The van der Waals surface area contributed by atoms with E-state index in [1.54, 1.807) is 0 Å². The van der Waals surface area contributed by atoms with Gasteiger partial charge in [0.1, 0.15) is 11.5 Å². The molecule has 0 spiro atoms. The standard InChI is InChI=1S/C13H12BrNO.C2H6/c1-9-7-11(14)8-10(2)13(9)16-12-3-5-15-6-4-12;1-2/h3-8H,1-2H3;1-2H3/p+1. The van der Waals surface area contributed by atoms with E-state index in [-0.39, 0.29) is 0 Å². The summed E-state index contributed by atoms with van der Waals surface area (Å²) in [5, 5.41) is 0. The third-order valence-electron chi connectivity index (χ3n) is 2.33. The highest BCUT2D eigenvalue weighted by molar-refractivity contribution is 9.10. The van der Waals surface area contributed by atoms with Crippen LogP contribution in [0.15, 0.2) is 41.1 Å². The van der Waals surface area contributed by atoms with Crippen LogP contribution in [0.5, 0.6) is 11.5 Å². The fourth-order valence-electron chi connectivity index (χ4n) is 1.62. The number of pyridine rings is 1. The van der Waals surface area contributed by atoms with Crippen LogP contribution in [0.1, 0.15) is 25.0 Å². The zero-order valence-corrected chi connectivity index (χ0v) is 12.8. The maximum absolute atomic E-state index is 5.85. The number of hydrogen-bond donors (Lipinski definition) is 0. The number of aromatic nitrogens is 1. The van der Waals surface area contributed by atoms with E-state index < -0.39 is 0 Å². The van der Waals surface area contributed by atoms with Crippen LogP contribution in [0.2, 0.25) is 0 Å². The van der Waals surface area contributed by atoms with Crippen molar-refractivity contribution in [1.82, 2.24) is 0 Å². The molecule has 2 rings (SSSR count). The van der Waals surface area contributed by atoms with E-state index in [1.807, 2.05) is 52.2 Å². The summed E-state index contributed by atoms with van der Waals surface area (Å²) in [6, 6.07) is 7.91. The van der Waals surface area contributed by atoms with Gasteiger partial charge in [-0.25, -0.2) is 4.98 Å². The van der Waals surface area contributed by atoms with E-state index in [0.29, 0.717) is 0 Å². The molecule has 0 aliphatic rings. The van der Waals surface area contributed by atoms with E-state index in [2.05, 4.69) is 33.0 Å². The maximum atomic E-state index is 5.85. The Morgan fingerprint density at radius 2 is 1.50 bits per heavy atom. The van der Waals surface area contributed by atoms with Crippen LogP contribution in [0, 0.1) is 13.8 Å². The van der Waals surface area contributed by atoms with Crippen LogP contribution >= 0.6 is 15.9 Å². The van der Waals surface area contributed by atoms with E-state index in [1.165, 1.54) is 0 Å². The van der Waals surface area contributed by atoms with Crippen molar-refractivity contribution in [3.8, 4) is 11.5 Å². The second-order valence-electron chi connectivity index (χ2n) is 3.71. The summed E-state index contributed by atoms with van der Waals surface area (Å²) < 4.78 is 6.93. The molecule has 1 aromatic carbocycles. The second kappa shape index (κ2) is 7.17. The first kappa shape index (κ1) is 14.7. The van der Waals surface area contributed by atoms with Crippen molar-refractivity contribution < 1.29 is 9.72 Å². The van der Waals surface area contributed by atoms with Crippen LogP contribution in [-0.4, -0.2) is 0 Å². The third kappa shape index (κ3) is 3.84. The average molecular weight is 309 g/mol. The van der Waals surface area contributed by atoms with Crippen LogP contribution < -0.4 is 9.72 Å². The van der Waals surface area contributed by atoms with Gasteiger partial charge in [0.15, 0.2) is 12.4 Å². The van der Waals surface area contributed by atoms with Crippen molar-refractivity contribution in [2.24, 2.45) is 0 Å². The number of aryl methyl sites for hydroxylation is 2. The lowest BCUT2D eigenvalue weighted by Gasteiger charge is -2.11. The Labute approximate surface area is 117 Å². The van der Waals surface area contributed by atoms with Crippen molar-refractivity contribution in [2.75, 3.05) is 0 Å². The lowest BCUT2D eigenvalue weighted by atomic mass is 10.1. The van der Waals surface area contributed by atoms with Crippen molar-refractivity contribution in [3.05, 3.63) is 52.3 Å². The van der Waals surface area contributed by atoms with Crippen molar-refractivity contribution >= 4 is 15.9 Å². The molecular formula is C15H19BrNO+. The molecule has 2 aromatic rings. The number of benzene rings is 1. The second-order valence-corrected chi connectivity index (χ2v) is 4.62. The zero-order chi connectivity index (χ0) is 13.5. The lowest BCUT2D eigenvalue weighted by molar-refractivity contribution is -0.378. The Bertz CT molecular complexity index is 474. The number of ether oxygens (including phenoxy) is 1. The van der Waals surface area contributed by atoms with Gasteiger partial charge >= 0.3 is 0 Å². The molecule has 18 heavy (non-hydrogen) atoms. The molecule has 0 bridgehead atoms. The highest BCUT2D eigenvalue weighted by Gasteiger charge is 2.07. The van der Waals surface area contributed by atoms with E-state index in [0.717, 1.165) is 27.1 Å². The minimum atomic E-state index is 0.840. The zero-order valence-electron chi connectivity index (χ0n) is 11.3. The Kier molecular flexibility index (Phi) is 5.86. The first-order chi connectivity index (χ1) is 8.66. The van der Waals surface area contributed by atoms with Crippen LogP contribution in [0.25, 0.3) is 0 Å². The van der Waals surface area contributed by atoms with Crippen molar-refractivity contribution in [1.29, 1.82) is 0 Å². The van der Waals surface area contributed by atoms with Crippen molar-refractivity contribution in [3.63, 3.8) is 0 Å². The summed E-state index contributed by atoms with van der Waals surface area (Å²) in [5.74, 6) is 1.77. The number of H-pyrrole nitrogens is 1.